The molecule has 2 aromatic heterocycles. The number of hydrogen-bond acceptors (Lipinski definition) is 5. The van der Waals surface area contributed by atoms with Crippen molar-refractivity contribution in [2.45, 2.75) is 0 Å². The first-order valence-electron chi connectivity index (χ1n) is 8.02. The topological polar surface area (TPSA) is 68.9 Å². The van der Waals surface area contributed by atoms with Crippen molar-refractivity contribution in [2.24, 2.45) is 0 Å². The summed E-state index contributed by atoms with van der Waals surface area (Å²) in [5.41, 5.74) is 4.21. The van der Waals surface area contributed by atoms with E-state index in [1.54, 1.807) is 36.7 Å². The van der Waals surface area contributed by atoms with E-state index in [2.05, 4.69) is 9.97 Å². The maximum atomic E-state index is 13.2. The van der Waals surface area contributed by atoms with Gasteiger partial charge in [-0.2, -0.15) is 0 Å². The molecule has 0 saturated heterocycles. The number of halogens is 1. The van der Waals surface area contributed by atoms with Crippen molar-refractivity contribution in [2.75, 3.05) is 0 Å². The molecule has 2 heterocycles. The number of non-ortho nitro benzene ring substituents is 1. The summed E-state index contributed by atoms with van der Waals surface area (Å²) in [7, 11) is 0. The molecule has 0 amide bonds. The largest absolute Gasteiger partial charge is 0.269 e. The van der Waals surface area contributed by atoms with Crippen molar-refractivity contribution in [1.82, 2.24) is 9.97 Å². The van der Waals surface area contributed by atoms with E-state index in [1.165, 1.54) is 35.6 Å². The summed E-state index contributed by atoms with van der Waals surface area (Å²) < 4.78 is 13.2. The smallest absolute Gasteiger partial charge is 0.264 e. The van der Waals surface area contributed by atoms with E-state index >= 15 is 0 Å². The monoisotopic (exact) mass is 377 g/mol. The first kappa shape index (κ1) is 17.0. The molecule has 4 aromatic rings. The van der Waals surface area contributed by atoms with E-state index in [9.17, 15) is 14.5 Å². The van der Waals surface area contributed by atoms with Crippen LogP contribution in [-0.4, -0.2) is 14.9 Å². The van der Waals surface area contributed by atoms with E-state index in [0.29, 0.717) is 0 Å². The zero-order chi connectivity index (χ0) is 18.8. The molecule has 0 radical (unpaired) electrons. The second-order valence-corrected chi connectivity index (χ2v) is 6.63. The van der Waals surface area contributed by atoms with Crippen LogP contribution in [0.2, 0.25) is 0 Å². The van der Waals surface area contributed by atoms with Gasteiger partial charge in [0.15, 0.2) is 0 Å². The van der Waals surface area contributed by atoms with E-state index < -0.39 is 4.92 Å². The maximum Gasteiger partial charge on any atom is 0.269 e. The molecule has 4 rings (SSSR count). The van der Waals surface area contributed by atoms with Crippen LogP contribution in [-0.2, 0) is 0 Å². The summed E-state index contributed by atoms with van der Waals surface area (Å²) in [5, 5.41) is 13.5. The number of hydrogen-bond donors (Lipinski definition) is 0. The SMILES string of the molecule is O=[N+]([O-])c1ccc(-c2csc(-c3cnccc3-c3ccc(F)cc3)n2)cc1. The van der Waals surface area contributed by atoms with E-state index in [4.69, 9.17) is 0 Å². The van der Waals surface area contributed by atoms with Crippen molar-refractivity contribution in [3.8, 4) is 33.0 Å². The molecule has 5 nitrogen and oxygen atoms in total. The van der Waals surface area contributed by atoms with Crippen LogP contribution >= 0.6 is 11.3 Å². The molecule has 0 aliphatic rings. The molecule has 7 heteroatoms. The molecule has 0 atom stereocenters. The van der Waals surface area contributed by atoms with Gasteiger partial charge >= 0.3 is 0 Å². The first-order chi connectivity index (χ1) is 13.1. The molecule has 0 unspecified atom stereocenters. The van der Waals surface area contributed by atoms with Gasteiger partial charge in [0.2, 0.25) is 0 Å². The Hall–Kier alpha value is -3.45. The zero-order valence-corrected chi connectivity index (χ0v) is 14.7. The Morgan fingerprint density at radius 3 is 2.33 bits per heavy atom. The van der Waals surface area contributed by atoms with Crippen molar-refractivity contribution >= 4 is 17.0 Å². The van der Waals surface area contributed by atoms with Crippen LogP contribution in [0.15, 0.2) is 72.4 Å². The van der Waals surface area contributed by atoms with Crippen LogP contribution in [0.3, 0.4) is 0 Å². The third kappa shape index (κ3) is 3.45. The molecular weight excluding hydrogens is 365 g/mol. The highest BCUT2D eigenvalue weighted by molar-refractivity contribution is 7.13. The standard InChI is InChI=1S/C20H12FN3O2S/c21-15-5-1-13(2-6-15)17-9-10-22-11-18(17)20-23-19(12-27-20)14-3-7-16(8-4-14)24(25)26/h1-12H. The Morgan fingerprint density at radius 2 is 1.63 bits per heavy atom. The number of rotatable bonds is 4. The number of thiazole rings is 1. The lowest BCUT2D eigenvalue weighted by Gasteiger charge is -2.07. The molecule has 0 saturated carbocycles. The molecule has 27 heavy (non-hydrogen) atoms. The highest BCUT2D eigenvalue weighted by atomic mass is 32.1. The van der Waals surface area contributed by atoms with Gasteiger partial charge < -0.3 is 0 Å². The molecule has 0 aliphatic heterocycles. The van der Waals surface area contributed by atoms with Crippen LogP contribution in [0.4, 0.5) is 10.1 Å². The Labute approximate surface area is 158 Å². The third-order valence-electron chi connectivity index (χ3n) is 4.08. The van der Waals surface area contributed by atoms with Gasteiger partial charge in [-0.25, -0.2) is 9.37 Å². The molecular formula is C20H12FN3O2S. The van der Waals surface area contributed by atoms with Gasteiger partial charge in [-0.3, -0.25) is 15.1 Å². The normalized spacial score (nSPS) is 10.7. The lowest BCUT2D eigenvalue weighted by atomic mass is 10.0. The fourth-order valence-corrected chi connectivity index (χ4v) is 3.58. The molecule has 0 aliphatic carbocycles. The van der Waals surface area contributed by atoms with E-state index in [1.807, 2.05) is 11.4 Å². The maximum absolute atomic E-state index is 13.2. The fourth-order valence-electron chi connectivity index (χ4n) is 2.73. The highest BCUT2D eigenvalue weighted by Crippen LogP contribution is 2.35. The van der Waals surface area contributed by atoms with Crippen molar-refractivity contribution in [3.05, 3.63) is 88.3 Å². The van der Waals surface area contributed by atoms with Gasteiger partial charge in [-0.15, -0.1) is 11.3 Å². The summed E-state index contributed by atoms with van der Waals surface area (Å²) in [6.07, 6.45) is 3.42. The van der Waals surface area contributed by atoms with Gasteiger partial charge in [-0.1, -0.05) is 12.1 Å². The number of nitro benzene ring substituents is 1. The lowest BCUT2D eigenvalue weighted by Crippen LogP contribution is -1.88. The quantitative estimate of drug-likeness (QED) is 0.343. The molecule has 0 spiro atoms. The fraction of sp³-hybridized carbons (Fsp3) is 0. The average molecular weight is 377 g/mol. The highest BCUT2D eigenvalue weighted by Gasteiger charge is 2.13. The molecule has 0 N–H and O–H groups in total. The van der Waals surface area contributed by atoms with Gasteiger partial charge in [0.25, 0.3) is 5.69 Å². The van der Waals surface area contributed by atoms with Crippen LogP contribution < -0.4 is 0 Å². The lowest BCUT2D eigenvalue weighted by molar-refractivity contribution is -0.384. The average Bonchev–Trinajstić information content (AvgIpc) is 3.19. The zero-order valence-electron chi connectivity index (χ0n) is 13.9. The second kappa shape index (κ2) is 7.05. The summed E-state index contributed by atoms with van der Waals surface area (Å²) in [5.74, 6) is -0.288. The number of nitrogens with zero attached hydrogens (tertiary/aromatic N) is 3. The molecule has 2 aromatic carbocycles. The second-order valence-electron chi connectivity index (χ2n) is 5.77. The summed E-state index contributed by atoms with van der Waals surface area (Å²) in [4.78, 5) is 19.2. The molecule has 0 fully saturated rings. The van der Waals surface area contributed by atoms with Crippen LogP contribution in [0.25, 0.3) is 33.0 Å². The van der Waals surface area contributed by atoms with E-state index in [-0.39, 0.29) is 11.5 Å². The van der Waals surface area contributed by atoms with E-state index in [0.717, 1.165) is 33.0 Å². The van der Waals surface area contributed by atoms with Crippen molar-refractivity contribution < 1.29 is 9.31 Å². The number of nitro groups is 1. The van der Waals surface area contributed by atoms with Crippen LogP contribution in [0.5, 0.6) is 0 Å². The van der Waals surface area contributed by atoms with Gasteiger partial charge in [0, 0.05) is 41.0 Å². The minimum atomic E-state index is -0.430. The number of pyridine rings is 1. The molecule has 0 bridgehead atoms. The third-order valence-corrected chi connectivity index (χ3v) is 4.96. The summed E-state index contributed by atoms with van der Waals surface area (Å²) >= 11 is 1.46. The van der Waals surface area contributed by atoms with Crippen LogP contribution in [0, 0.1) is 15.9 Å². The number of benzene rings is 2. The Balaban J connectivity index is 1.72. The Kier molecular flexibility index (Phi) is 4.43. The van der Waals surface area contributed by atoms with Crippen molar-refractivity contribution in [1.29, 1.82) is 0 Å². The van der Waals surface area contributed by atoms with Crippen LogP contribution in [0.1, 0.15) is 0 Å². The Morgan fingerprint density at radius 1 is 0.926 bits per heavy atom. The predicted octanol–water partition coefficient (Wildman–Crippen LogP) is 5.59. The summed E-state index contributed by atoms with van der Waals surface area (Å²) in [6, 6.07) is 14.4. The minimum Gasteiger partial charge on any atom is -0.264 e. The van der Waals surface area contributed by atoms with Gasteiger partial charge in [0.1, 0.15) is 10.8 Å². The van der Waals surface area contributed by atoms with Gasteiger partial charge in [-0.05, 0) is 41.5 Å². The Bertz CT molecular complexity index is 1110. The van der Waals surface area contributed by atoms with Crippen molar-refractivity contribution in [3.63, 3.8) is 0 Å². The van der Waals surface area contributed by atoms with Gasteiger partial charge in [0.05, 0.1) is 10.6 Å². The minimum absolute atomic E-state index is 0.0417. The molecule has 132 valence electrons. The number of aromatic nitrogens is 2. The predicted molar refractivity (Wildman–Crippen MR) is 103 cm³/mol. The summed E-state index contributed by atoms with van der Waals surface area (Å²) in [6.45, 7) is 0. The first-order valence-corrected chi connectivity index (χ1v) is 8.90.